The predicted molar refractivity (Wildman–Crippen MR) is 52.7 cm³/mol. The molecular formula is C10H15N3. The maximum absolute atomic E-state index is 4.26. The van der Waals surface area contributed by atoms with Gasteiger partial charge in [0.05, 0.1) is 0 Å². The fourth-order valence-corrected chi connectivity index (χ4v) is 1.77. The van der Waals surface area contributed by atoms with Gasteiger partial charge in [-0.25, -0.2) is 9.97 Å². The SMILES string of the molecule is c1cc(N2CCCCCC2)ncn1. The van der Waals surface area contributed by atoms with Crippen LogP contribution in [0.25, 0.3) is 0 Å². The molecule has 1 fully saturated rings. The van der Waals surface area contributed by atoms with Crippen LogP contribution in [0.15, 0.2) is 18.6 Å². The smallest absolute Gasteiger partial charge is 0.131 e. The van der Waals surface area contributed by atoms with E-state index in [9.17, 15) is 0 Å². The van der Waals surface area contributed by atoms with Crippen molar-refractivity contribution >= 4 is 5.82 Å². The van der Waals surface area contributed by atoms with Crippen molar-refractivity contribution in [3.8, 4) is 0 Å². The first-order valence-corrected chi connectivity index (χ1v) is 4.98. The number of nitrogens with zero attached hydrogens (tertiary/aromatic N) is 3. The largest absolute Gasteiger partial charge is 0.357 e. The molecule has 1 aromatic heterocycles. The van der Waals surface area contributed by atoms with Gasteiger partial charge in [-0.3, -0.25) is 0 Å². The zero-order chi connectivity index (χ0) is 8.93. The van der Waals surface area contributed by atoms with Gasteiger partial charge in [0, 0.05) is 19.3 Å². The van der Waals surface area contributed by atoms with Gasteiger partial charge in [0.2, 0.25) is 0 Å². The van der Waals surface area contributed by atoms with Crippen LogP contribution in [-0.2, 0) is 0 Å². The summed E-state index contributed by atoms with van der Waals surface area (Å²) in [6.45, 7) is 2.30. The van der Waals surface area contributed by atoms with Crippen molar-refractivity contribution in [1.29, 1.82) is 0 Å². The highest BCUT2D eigenvalue weighted by atomic mass is 15.2. The Kier molecular flexibility index (Phi) is 2.75. The van der Waals surface area contributed by atoms with Crippen LogP contribution >= 0.6 is 0 Å². The minimum absolute atomic E-state index is 1.08. The molecule has 0 amide bonds. The number of hydrogen-bond donors (Lipinski definition) is 0. The Bertz CT molecular complexity index is 240. The molecular weight excluding hydrogens is 162 g/mol. The summed E-state index contributed by atoms with van der Waals surface area (Å²) >= 11 is 0. The van der Waals surface area contributed by atoms with Crippen molar-refractivity contribution in [2.24, 2.45) is 0 Å². The maximum atomic E-state index is 4.26. The summed E-state index contributed by atoms with van der Waals surface area (Å²) in [5, 5.41) is 0. The van der Waals surface area contributed by atoms with Gasteiger partial charge < -0.3 is 4.90 Å². The van der Waals surface area contributed by atoms with Crippen LogP contribution in [0.5, 0.6) is 0 Å². The van der Waals surface area contributed by atoms with Crippen molar-refractivity contribution in [3.05, 3.63) is 18.6 Å². The molecule has 0 N–H and O–H groups in total. The molecule has 0 unspecified atom stereocenters. The third-order valence-corrected chi connectivity index (χ3v) is 2.50. The predicted octanol–water partition coefficient (Wildman–Crippen LogP) is 1.86. The molecule has 2 heterocycles. The highest BCUT2D eigenvalue weighted by Gasteiger charge is 2.09. The van der Waals surface area contributed by atoms with Gasteiger partial charge in [-0.2, -0.15) is 0 Å². The van der Waals surface area contributed by atoms with Crippen LogP contribution < -0.4 is 4.90 Å². The van der Waals surface area contributed by atoms with Gasteiger partial charge in [-0.05, 0) is 18.9 Å². The second-order valence-electron chi connectivity index (χ2n) is 3.47. The van der Waals surface area contributed by atoms with Gasteiger partial charge in [0.25, 0.3) is 0 Å². The lowest BCUT2D eigenvalue weighted by atomic mass is 10.2. The van der Waals surface area contributed by atoms with Crippen LogP contribution in [0.2, 0.25) is 0 Å². The van der Waals surface area contributed by atoms with Crippen LogP contribution in [-0.4, -0.2) is 23.1 Å². The Morgan fingerprint density at radius 2 is 1.85 bits per heavy atom. The number of rotatable bonds is 1. The van der Waals surface area contributed by atoms with E-state index in [0.29, 0.717) is 0 Å². The van der Waals surface area contributed by atoms with Crippen LogP contribution in [0, 0.1) is 0 Å². The molecule has 0 spiro atoms. The quantitative estimate of drug-likeness (QED) is 0.655. The average Bonchev–Trinajstić information content (AvgIpc) is 2.47. The van der Waals surface area contributed by atoms with Gasteiger partial charge in [-0.15, -0.1) is 0 Å². The highest BCUT2D eigenvalue weighted by molar-refractivity contribution is 5.36. The summed E-state index contributed by atoms with van der Waals surface area (Å²) in [5.41, 5.74) is 0. The van der Waals surface area contributed by atoms with Crippen molar-refractivity contribution in [2.75, 3.05) is 18.0 Å². The minimum Gasteiger partial charge on any atom is -0.357 e. The Labute approximate surface area is 78.8 Å². The Balaban J connectivity index is 2.06. The number of aromatic nitrogens is 2. The van der Waals surface area contributed by atoms with E-state index in [1.54, 1.807) is 6.33 Å². The highest BCUT2D eigenvalue weighted by Crippen LogP contribution is 2.15. The first-order chi connectivity index (χ1) is 6.47. The van der Waals surface area contributed by atoms with E-state index < -0.39 is 0 Å². The Hall–Kier alpha value is -1.12. The first kappa shape index (κ1) is 8.48. The van der Waals surface area contributed by atoms with Crippen LogP contribution in [0.1, 0.15) is 25.7 Å². The molecule has 0 atom stereocenters. The molecule has 2 rings (SSSR count). The van der Waals surface area contributed by atoms with Gasteiger partial charge in [0.1, 0.15) is 12.1 Å². The molecule has 3 heteroatoms. The fourth-order valence-electron chi connectivity index (χ4n) is 1.77. The molecule has 0 radical (unpaired) electrons. The lowest BCUT2D eigenvalue weighted by molar-refractivity contribution is 0.726. The molecule has 13 heavy (non-hydrogen) atoms. The summed E-state index contributed by atoms with van der Waals surface area (Å²) in [7, 11) is 0. The summed E-state index contributed by atoms with van der Waals surface area (Å²) in [5.74, 6) is 1.08. The second-order valence-corrected chi connectivity index (χ2v) is 3.47. The van der Waals surface area contributed by atoms with Crippen molar-refractivity contribution < 1.29 is 0 Å². The average molecular weight is 177 g/mol. The van der Waals surface area contributed by atoms with E-state index in [-0.39, 0.29) is 0 Å². The van der Waals surface area contributed by atoms with Crippen LogP contribution in [0.3, 0.4) is 0 Å². The summed E-state index contributed by atoms with van der Waals surface area (Å²) < 4.78 is 0. The topological polar surface area (TPSA) is 29.0 Å². The van der Waals surface area contributed by atoms with E-state index in [0.717, 1.165) is 18.9 Å². The monoisotopic (exact) mass is 177 g/mol. The van der Waals surface area contributed by atoms with E-state index in [2.05, 4.69) is 14.9 Å². The van der Waals surface area contributed by atoms with Gasteiger partial charge >= 0.3 is 0 Å². The van der Waals surface area contributed by atoms with E-state index in [4.69, 9.17) is 0 Å². The Morgan fingerprint density at radius 3 is 2.46 bits per heavy atom. The molecule has 1 aliphatic heterocycles. The lowest BCUT2D eigenvalue weighted by Crippen LogP contribution is -2.24. The zero-order valence-electron chi connectivity index (χ0n) is 7.82. The molecule has 3 nitrogen and oxygen atoms in total. The van der Waals surface area contributed by atoms with Crippen LogP contribution in [0.4, 0.5) is 5.82 Å². The van der Waals surface area contributed by atoms with E-state index >= 15 is 0 Å². The number of anilines is 1. The zero-order valence-corrected chi connectivity index (χ0v) is 7.82. The molecule has 0 bridgehead atoms. The molecule has 0 aliphatic carbocycles. The minimum atomic E-state index is 1.08. The summed E-state index contributed by atoms with van der Waals surface area (Å²) in [4.78, 5) is 10.5. The molecule has 1 aliphatic rings. The first-order valence-electron chi connectivity index (χ1n) is 4.98. The number of hydrogen-bond acceptors (Lipinski definition) is 3. The van der Waals surface area contributed by atoms with Crippen molar-refractivity contribution in [1.82, 2.24) is 9.97 Å². The molecule has 1 aromatic rings. The second kappa shape index (κ2) is 4.21. The third-order valence-electron chi connectivity index (χ3n) is 2.50. The maximum Gasteiger partial charge on any atom is 0.131 e. The van der Waals surface area contributed by atoms with Gasteiger partial charge in [-0.1, -0.05) is 12.8 Å². The molecule has 1 saturated heterocycles. The third kappa shape index (κ3) is 2.17. The normalized spacial score (nSPS) is 18.3. The summed E-state index contributed by atoms with van der Waals surface area (Å²) in [6.07, 6.45) is 8.75. The molecule has 0 saturated carbocycles. The lowest BCUT2D eigenvalue weighted by Gasteiger charge is -2.20. The van der Waals surface area contributed by atoms with Crippen molar-refractivity contribution in [3.63, 3.8) is 0 Å². The molecule has 0 aromatic carbocycles. The standard InChI is InChI=1S/C10H15N3/c1-2-4-8-13(7-3-1)10-5-6-11-9-12-10/h5-6,9H,1-4,7-8H2. The van der Waals surface area contributed by atoms with E-state index in [1.807, 2.05) is 12.3 Å². The van der Waals surface area contributed by atoms with Crippen molar-refractivity contribution in [2.45, 2.75) is 25.7 Å². The Morgan fingerprint density at radius 1 is 1.08 bits per heavy atom. The van der Waals surface area contributed by atoms with E-state index in [1.165, 1.54) is 25.7 Å². The van der Waals surface area contributed by atoms with Gasteiger partial charge in [0.15, 0.2) is 0 Å². The summed E-state index contributed by atoms with van der Waals surface area (Å²) in [6, 6.07) is 1.99. The fraction of sp³-hybridized carbons (Fsp3) is 0.600. The molecule has 70 valence electrons.